The van der Waals surface area contributed by atoms with E-state index in [1.807, 2.05) is 6.08 Å². The summed E-state index contributed by atoms with van der Waals surface area (Å²) in [6.07, 6.45) is 8.10. The monoisotopic (exact) mass is 344 g/mol. The third-order valence-corrected chi connectivity index (χ3v) is 4.66. The minimum atomic E-state index is -0.581. The van der Waals surface area contributed by atoms with Crippen LogP contribution in [-0.2, 0) is 4.74 Å². The number of phenolic OH excluding ortho intramolecular Hbond substituents is 1. The topological polar surface area (TPSA) is 29.5 Å². The number of ether oxygens (including phenoxy) is 1. The lowest BCUT2D eigenvalue weighted by molar-refractivity contribution is 0.116. The van der Waals surface area contributed by atoms with Crippen LogP contribution in [0.15, 0.2) is 47.6 Å². The Kier molecular flexibility index (Phi) is 7.01. The second kappa shape index (κ2) is 9.00. The molecule has 0 saturated carbocycles. The average molecular weight is 344 g/mol. The molecule has 1 heterocycles. The van der Waals surface area contributed by atoms with E-state index in [-0.39, 0.29) is 11.9 Å². The van der Waals surface area contributed by atoms with Crippen molar-refractivity contribution >= 4 is 6.08 Å². The van der Waals surface area contributed by atoms with E-state index in [1.165, 1.54) is 23.3 Å². The zero-order chi connectivity index (χ0) is 18.4. The number of halogens is 1. The van der Waals surface area contributed by atoms with E-state index < -0.39 is 5.82 Å². The number of allylic oxidation sites excluding steroid dienone is 1. The molecule has 0 fully saturated rings. The van der Waals surface area contributed by atoms with Crippen LogP contribution >= 0.6 is 0 Å². The summed E-state index contributed by atoms with van der Waals surface area (Å²) < 4.78 is 19.4. The standard InChI is InChI=1S/C22H29FO2/c1-5-6-17(13-18-7-9-21(24)20(23)14-18)8-10-22-19(11-12-25-22)16(4)15(2)3/h7,9,11,13-15,22,24H,4-6,8,10,12H2,1-3H3/b17-13+. The molecule has 0 spiro atoms. The summed E-state index contributed by atoms with van der Waals surface area (Å²) in [5, 5.41) is 9.33. The molecule has 0 amide bonds. The van der Waals surface area contributed by atoms with Crippen LogP contribution in [0.2, 0.25) is 0 Å². The van der Waals surface area contributed by atoms with Gasteiger partial charge in [-0.2, -0.15) is 0 Å². The highest BCUT2D eigenvalue weighted by Gasteiger charge is 2.23. The van der Waals surface area contributed by atoms with E-state index in [0.29, 0.717) is 12.5 Å². The van der Waals surface area contributed by atoms with Gasteiger partial charge in [0.05, 0.1) is 12.7 Å². The molecule has 0 radical (unpaired) electrons. The van der Waals surface area contributed by atoms with Crippen LogP contribution in [0.4, 0.5) is 4.39 Å². The number of benzene rings is 1. The Labute approximate surface area is 150 Å². The van der Waals surface area contributed by atoms with Gasteiger partial charge in [-0.3, -0.25) is 0 Å². The summed E-state index contributed by atoms with van der Waals surface area (Å²) in [5.41, 5.74) is 4.46. The minimum absolute atomic E-state index is 0.103. The molecule has 0 bridgehead atoms. The summed E-state index contributed by atoms with van der Waals surface area (Å²) in [6.45, 7) is 11.3. The SMILES string of the molecule is C=C(C1=CCOC1CC/C(=C/c1ccc(O)c(F)c1)CCC)C(C)C. The maximum atomic E-state index is 13.5. The highest BCUT2D eigenvalue weighted by Crippen LogP contribution is 2.31. The molecule has 25 heavy (non-hydrogen) atoms. The summed E-state index contributed by atoms with van der Waals surface area (Å²) >= 11 is 0. The van der Waals surface area contributed by atoms with Gasteiger partial charge in [0.15, 0.2) is 11.6 Å². The first-order valence-corrected chi connectivity index (χ1v) is 9.11. The number of rotatable bonds is 8. The summed E-state index contributed by atoms with van der Waals surface area (Å²) in [4.78, 5) is 0. The molecule has 1 aliphatic rings. The fraction of sp³-hybridized carbons (Fsp3) is 0.455. The number of hydrogen-bond acceptors (Lipinski definition) is 2. The molecule has 1 atom stereocenters. The largest absolute Gasteiger partial charge is 0.505 e. The predicted molar refractivity (Wildman–Crippen MR) is 102 cm³/mol. The van der Waals surface area contributed by atoms with Crippen LogP contribution in [0.5, 0.6) is 5.75 Å². The predicted octanol–water partition coefficient (Wildman–Crippen LogP) is 6.03. The van der Waals surface area contributed by atoms with Gasteiger partial charge in [-0.25, -0.2) is 4.39 Å². The van der Waals surface area contributed by atoms with Crippen molar-refractivity contribution in [1.82, 2.24) is 0 Å². The highest BCUT2D eigenvalue weighted by molar-refractivity contribution is 5.54. The number of phenols is 1. The first-order valence-electron chi connectivity index (χ1n) is 9.11. The first-order chi connectivity index (χ1) is 11.9. The summed E-state index contributed by atoms with van der Waals surface area (Å²) in [5.74, 6) is -0.473. The van der Waals surface area contributed by atoms with Gasteiger partial charge in [-0.15, -0.1) is 0 Å². The molecule has 1 aliphatic heterocycles. The van der Waals surface area contributed by atoms with Crippen molar-refractivity contribution in [3.8, 4) is 5.75 Å². The molecular formula is C22H29FO2. The molecule has 0 saturated heterocycles. The quantitative estimate of drug-likeness (QED) is 0.623. The Morgan fingerprint density at radius 2 is 2.16 bits per heavy atom. The Hall–Kier alpha value is -1.87. The lowest BCUT2D eigenvalue weighted by Gasteiger charge is -2.19. The van der Waals surface area contributed by atoms with E-state index in [9.17, 15) is 9.50 Å². The molecule has 1 aromatic carbocycles. The van der Waals surface area contributed by atoms with Crippen LogP contribution in [0.3, 0.4) is 0 Å². The van der Waals surface area contributed by atoms with Crippen molar-refractivity contribution in [2.75, 3.05) is 6.61 Å². The lowest BCUT2D eigenvalue weighted by atomic mass is 9.90. The van der Waals surface area contributed by atoms with Crippen LogP contribution in [0, 0.1) is 11.7 Å². The molecular weight excluding hydrogens is 315 g/mol. The molecule has 2 nitrogen and oxygen atoms in total. The van der Waals surface area contributed by atoms with E-state index in [0.717, 1.165) is 36.8 Å². The smallest absolute Gasteiger partial charge is 0.165 e. The number of hydrogen-bond donors (Lipinski definition) is 1. The van der Waals surface area contributed by atoms with E-state index in [1.54, 1.807) is 6.07 Å². The highest BCUT2D eigenvalue weighted by atomic mass is 19.1. The summed E-state index contributed by atoms with van der Waals surface area (Å²) in [7, 11) is 0. The van der Waals surface area contributed by atoms with Gasteiger partial charge in [0.1, 0.15) is 0 Å². The lowest BCUT2D eigenvalue weighted by Crippen LogP contribution is -2.13. The average Bonchev–Trinajstić information content (AvgIpc) is 3.03. The fourth-order valence-corrected chi connectivity index (χ4v) is 3.14. The van der Waals surface area contributed by atoms with Gasteiger partial charge in [-0.1, -0.05) is 57.6 Å². The van der Waals surface area contributed by atoms with E-state index >= 15 is 0 Å². The Morgan fingerprint density at radius 3 is 2.80 bits per heavy atom. The van der Waals surface area contributed by atoms with Crippen LogP contribution in [-0.4, -0.2) is 17.8 Å². The van der Waals surface area contributed by atoms with Gasteiger partial charge < -0.3 is 9.84 Å². The van der Waals surface area contributed by atoms with E-state index in [2.05, 4.69) is 33.4 Å². The van der Waals surface area contributed by atoms with Gasteiger partial charge in [0.25, 0.3) is 0 Å². The summed E-state index contributed by atoms with van der Waals surface area (Å²) in [6, 6.07) is 4.52. The van der Waals surface area contributed by atoms with Crippen molar-refractivity contribution in [2.45, 2.75) is 52.6 Å². The Balaban J connectivity index is 2.06. The van der Waals surface area contributed by atoms with Gasteiger partial charge in [0.2, 0.25) is 0 Å². The minimum Gasteiger partial charge on any atom is -0.505 e. The van der Waals surface area contributed by atoms with Crippen LogP contribution in [0.25, 0.3) is 6.08 Å². The van der Waals surface area contributed by atoms with Gasteiger partial charge in [0, 0.05) is 0 Å². The Bertz CT molecular complexity index is 671. The molecule has 0 aliphatic carbocycles. The molecule has 1 unspecified atom stereocenters. The third-order valence-electron chi connectivity index (χ3n) is 4.66. The molecule has 2 rings (SSSR count). The fourth-order valence-electron chi connectivity index (χ4n) is 3.14. The van der Waals surface area contributed by atoms with Gasteiger partial charge in [-0.05, 0) is 54.0 Å². The van der Waals surface area contributed by atoms with Crippen molar-refractivity contribution in [1.29, 1.82) is 0 Å². The molecule has 1 N–H and O–H groups in total. The molecule has 136 valence electrons. The van der Waals surface area contributed by atoms with E-state index in [4.69, 9.17) is 4.74 Å². The molecule has 3 heteroatoms. The van der Waals surface area contributed by atoms with Crippen LogP contribution < -0.4 is 0 Å². The Morgan fingerprint density at radius 1 is 1.40 bits per heavy atom. The van der Waals surface area contributed by atoms with Crippen molar-refractivity contribution in [3.63, 3.8) is 0 Å². The second-order valence-corrected chi connectivity index (χ2v) is 6.96. The van der Waals surface area contributed by atoms with Crippen molar-refractivity contribution in [2.24, 2.45) is 5.92 Å². The normalized spacial score (nSPS) is 17.9. The van der Waals surface area contributed by atoms with Crippen molar-refractivity contribution < 1.29 is 14.2 Å². The zero-order valence-corrected chi connectivity index (χ0v) is 15.5. The number of aromatic hydroxyl groups is 1. The zero-order valence-electron chi connectivity index (χ0n) is 15.5. The van der Waals surface area contributed by atoms with Crippen LogP contribution in [0.1, 0.15) is 52.0 Å². The maximum absolute atomic E-state index is 13.5. The second-order valence-electron chi connectivity index (χ2n) is 6.96. The first kappa shape index (κ1) is 19.5. The van der Waals surface area contributed by atoms with Crippen molar-refractivity contribution in [3.05, 3.63) is 59.0 Å². The third kappa shape index (κ3) is 5.30. The molecule has 1 aromatic rings. The maximum Gasteiger partial charge on any atom is 0.165 e. The van der Waals surface area contributed by atoms with Gasteiger partial charge >= 0.3 is 0 Å². The molecule has 0 aromatic heterocycles.